The molecule has 1 aliphatic heterocycles. The molecule has 0 spiro atoms. The van der Waals surface area contributed by atoms with Crippen LogP contribution in [-0.4, -0.2) is 88.9 Å². The summed E-state index contributed by atoms with van der Waals surface area (Å²) in [4.78, 5) is 9.31. The lowest BCUT2D eigenvalue weighted by molar-refractivity contribution is 0.0376. The number of benzene rings is 1. The molecule has 0 amide bonds. The molecule has 0 unspecified atom stereocenters. The number of nitrogens with zero attached hydrogens (tertiary/aromatic N) is 3. The van der Waals surface area contributed by atoms with Crippen molar-refractivity contribution in [3.05, 3.63) is 29.8 Å². The summed E-state index contributed by atoms with van der Waals surface area (Å²) in [7, 11) is 4.10. The van der Waals surface area contributed by atoms with Crippen molar-refractivity contribution < 1.29 is 9.47 Å². The standard InChI is InChI=1S/C21H37N5O2/c1-4-22-21(23-10-7-11-26-13-15-27-16-14-26)24-18-19-8-5-6-9-20(19)28-17-12-25(2)3/h5-6,8-9H,4,7,10-18H2,1-3H3,(H2,22,23,24). The molecule has 1 fully saturated rings. The van der Waals surface area contributed by atoms with Gasteiger partial charge in [-0.2, -0.15) is 0 Å². The summed E-state index contributed by atoms with van der Waals surface area (Å²) in [5, 5.41) is 6.77. The number of guanidine groups is 1. The van der Waals surface area contributed by atoms with Crippen LogP contribution in [0.25, 0.3) is 0 Å². The molecular formula is C21H37N5O2. The average Bonchev–Trinajstić information content (AvgIpc) is 2.70. The highest BCUT2D eigenvalue weighted by Gasteiger charge is 2.09. The maximum Gasteiger partial charge on any atom is 0.191 e. The number of para-hydroxylation sites is 1. The number of hydrogen-bond acceptors (Lipinski definition) is 5. The van der Waals surface area contributed by atoms with Gasteiger partial charge in [0.05, 0.1) is 19.8 Å². The summed E-state index contributed by atoms with van der Waals surface area (Å²) in [6.07, 6.45) is 1.09. The first kappa shape index (κ1) is 22.5. The van der Waals surface area contributed by atoms with Crippen LogP contribution in [0.5, 0.6) is 5.75 Å². The van der Waals surface area contributed by atoms with Crippen LogP contribution in [0.4, 0.5) is 0 Å². The number of ether oxygens (including phenoxy) is 2. The van der Waals surface area contributed by atoms with E-state index in [4.69, 9.17) is 14.5 Å². The van der Waals surface area contributed by atoms with Gasteiger partial charge < -0.3 is 25.0 Å². The summed E-state index contributed by atoms with van der Waals surface area (Å²) < 4.78 is 11.3. The number of morpholine rings is 1. The van der Waals surface area contributed by atoms with E-state index < -0.39 is 0 Å². The number of likely N-dealkylation sites (N-methyl/N-ethyl adjacent to an activating group) is 1. The quantitative estimate of drug-likeness (QED) is 0.338. The second-order valence-electron chi connectivity index (χ2n) is 7.19. The largest absolute Gasteiger partial charge is 0.492 e. The fraction of sp³-hybridized carbons (Fsp3) is 0.667. The van der Waals surface area contributed by atoms with Crippen LogP contribution in [0.3, 0.4) is 0 Å². The highest BCUT2D eigenvalue weighted by Crippen LogP contribution is 2.18. The van der Waals surface area contributed by atoms with Gasteiger partial charge in [0.1, 0.15) is 12.4 Å². The highest BCUT2D eigenvalue weighted by atomic mass is 16.5. The summed E-state index contributed by atoms with van der Waals surface area (Å²) in [5.74, 6) is 1.77. The van der Waals surface area contributed by atoms with Gasteiger partial charge in [-0.15, -0.1) is 0 Å². The van der Waals surface area contributed by atoms with Gasteiger partial charge in [-0.3, -0.25) is 4.90 Å². The van der Waals surface area contributed by atoms with Crippen LogP contribution in [0.2, 0.25) is 0 Å². The Morgan fingerprint density at radius 2 is 2.00 bits per heavy atom. The smallest absolute Gasteiger partial charge is 0.191 e. The maximum atomic E-state index is 5.94. The molecule has 0 bridgehead atoms. The van der Waals surface area contributed by atoms with E-state index in [2.05, 4.69) is 33.4 Å². The Labute approximate surface area is 170 Å². The molecule has 0 aromatic heterocycles. The van der Waals surface area contributed by atoms with E-state index in [1.54, 1.807) is 0 Å². The van der Waals surface area contributed by atoms with Gasteiger partial charge in [0.2, 0.25) is 0 Å². The van der Waals surface area contributed by atoms with E-state index in [1.807, 2.05) is 32.3 Å². The van der Waals surface area contributed by atoms with Crippen LogP contribution < -0.4 is 15.4 Å². The molecule has 0 saturated carbocycles. The molecule has 1 aliphatic rings. The molecule has 2 N–H and O–H groups in total. The Kier molecular flexibility index (Phi) is 10.7. The van der Waals surface area contributed by atoms with Crippen molar-refractivity contribution in [2.45, 2.75) is 19.9 Å². The molecule has 7 heteroatoms. The normalized spacial score (nSPS) is 15.6. The third-order valence-electron chi connectivity index (χ3n) is 4.57. The van der Waals surface area contributed by atoms with E-state index in [1.165, 1.54) is 0 Å². The number of hydrogen-bond donors (Lipinski definition) is 2. The third kappa shape index (κ3) is 8.91. The van der Waals surface area contributed by atoms with Gasteiger partial charge in [-0.05, 0) is 40.1 Å². The van der Waals surface area contributed by atoms with E-state index in [-0.39, 0.29) is 0 Å². The summed E-state index contributed by atoms with van der Waals surface area (Å²) >= 11 is 0. The molecule has 0 atom stereocenters. The van der Waals surface area contributed by atoms with Gasteiger partial charge in [-0.25, -0.2) is 4.99 Å². The van der Waals surface area contributed by atoms with Crippen molar-refractivity contribution in [2.75, 3.05) is 73.2 Å². The Morgan fingerprint density at radius 1 is 1.21 bits per heavy atom. The maximum absolute atomic E-state index is 5.94. The first-order chi connectivity index (χ1) is 13.7. The van der Waals surface area contributed by atoms with Crippen molar-refractivity contribution in [1.29, 1.82) is 0 Å². The van der Waals surface area contributed by atoms with E-state index in [0.29, 0.717) is 13.2 Å². The van der Waals surface area contributed by atoms with Crippen LogP contribution in [0.15, 0.2) is 29.3 Å². The summed E-state index contributed by atoms with van der Waals surface area (Å²) in [6.45, 7) is 10.9. The lowest BCUT2D eigenvalue weighted by Gasteiger charge is -2.26. The number of nitrogens with one attached hydrogen (secondary N) is 2. The fourth-order valence-electron chi connectivity index (χ4n) is 2.95. The second kappa shape index (κ2) is 13.4. The average molecular weight is 392 g/mol. The molecule has 1 aromatic carbocycles. The Hall–Kier alpha value is -1.83. The fourth-order valence-corrected chi connectivity index (χ4v) is 2.95. The second-order valence-corrected chi connectivity index (χ2v) is 7.19. The zero-order valence-corrected chi connectivity index (χ0v) is 17.7. The highest BCUT2D eigenvalue weighted by molar-refractivity contribution is 5.79. The topological polar surface area (TPSA) is 61.4 Å². The first-order valence-corrected chi connectivity index (χ1v) is 10.4. The van der Waals surface area contributed by atoms with Gasteiger partial charge in [0.25, 0.3) is 0 Å². The van der Waals surface area contributed by atoms with Gasteiger partial charge in [-0.1, -0.05) is 18.2 Å². The minimum atomic E-state index is 0.594. The zero-order valence-electron chi connectivity index (χ0n) is 17.7. The first-order valence-electron chi connectivity index (χ1n) is 10.4. The molecule has 0 radical (unpaired) electrons. The van der Waals surface area contributed by atoms with Crippen LogP contribution in [-0.2, 0) is 11.3 Å². The van der Waals surface area contributed by atoms with Gasteiger partial charge in [0.15, 0.2) is 5.96 Å². The van der Waals surface area contributed by atoms with Crippen molar-refractivity contribution in [1.82, 2.24) is 20.4 Å². The Morgan fingerprint density at radius 3 is 2.75 bits per heavy atom. The molecule has 7 nitrogen and oxygen atoms in total. The Balaban J connectivity index is 1.80. The van der Waals surface area contributed by atoms with E-state index in [9.17, 15) is 0 Å². The molecule has 1 saturated heterocycles. The van der Waals surface area contributed by atoms with E-state index >= 15 is 0 Å². The van der Waals surface area contributed by atoms with Crippen LogP contribution in [0.1, 0.15) is 18.9 Å². The predicted molar refractivity (Wildman–Crippen MR) is 115 cm³/mol. The van der Waals surface area contributed by atoms with Crippen molar-refractivity contribution in [3.8, 4) is 5.75 Å². The minimum Gasteiger partial charge on any atom is -0.492 e. The van der Waals surface area contributed by atoms with Gasteiger partial charge >= 0.3 is 0 Å². The van der Waals surface area contributed by atoms with Crippen molar-refractivity contribution in [3.63, 3.8) is 0 Å². The molecule has 1 aromatic rings. The predicted octanol–water partition coefficient (Wildman–Crippen LogP) is 1.40. The molecule has 0 aliphatic carbocycles. The minimum absolute atomic E-state index is 0.594. The van der Waals surface area contributed by atoms with Gasteiger partial charge in [0, 0.05) is 38.3 Å². The van der Waals surface area contributed by atoms with Crippen molar-refractivity contribution in [2.24, 2.45) is 4.99 Å². The van der Waals surface area contributed by atoms with Crippen molar-refractivity contribution >= 4 is 5.96 Å². The molecule has 1 heterocycles. The van der Waals surface area contributed by atoms with E-state index in [0.717, 1.165) is 76.2 Å². The SMILES string of the molecule is CCNC(=NCc1ccccc1OCCN(C)C)NCCCN1CCOCC1. The zero-order chi connectivity index (χ0) is 20.0. The van der Waals surface area contributed by atoms with Crippen LogP contribution in [0, 0.1) is 0 Å². The molecule has 2 rings (SSSR count). The lowest BCUT2D eigenvalue weighted by atomic mass is 10.2. The number of rotatable bonds is 11. The molecular weight excluding hydrogens is 354 g/mol. The summed E-state index contributed by atoms with van der Waals surface area (Å²) in [6, 6.07) is 8.14. The summed E-state index contributed by atoms with van der Waals surface area (Å²) in [5.41, 5.74) is 1.10. The number of aliphatic imine (C=N–C) groups is 1. The molecule has 28 heavy (non-hydrogen) atoms. The Bertz CT molecular complexity index is 574. The molecule has 158 valence electrons. The lowest BCUT2D eigenvalue weighted by Crippen LogP contribution is -2.40. The van der Waals surface area contributed by atoms with Crippen LogP contribution >= 0.6 is 0 Å². The monoisotopic (exact) mass is 391 g/mol. The third-order valence-corrected chi connectivity index (χ3v) is 4.57.